The fourth-order valence-electron chi connectivity index (χ4n) is 1.32. The zero-order valence-corrected chi connectivity index (χ0v) is 13.8. The molecule has 8 heteroatoms. The van der Waals surface area contributed by atoms with Gasteiger partial charge in [0.1, 0.15) is 11.3 Å². The van der Waals surface area contributed by atoms with Gasteiger partial charge in [-0.1, -0.05) is 29.8 Å². The van der Waals surface area contributed by atoms with Gasteiger partial charge in [0, 0.05) is 5.56 Å². The molecule has 0 fully saturated rings. The summed E-state index contributed by atoms with van der Waals surface area (Å²) in [6, 6.07) is 6.84. The molecule has 0 bridgehead atoms. The maximum atomic E-state index is 11.3. The molecule has 0 amide bonds. The number of carbonyl (C=O) groups is 2. The van der Waals surface area contributed by atoms with E-state index in [0.29, 0.717) is 5.56 Å². The summed E-state index contributed by atoms with van der Waals surface area (Å²) in [5, 5.41) is -2.06. The summed E-state index contributed by atoms with van der Waals surface area (Å²) >= 11 is 8.11. The fourth-order valence-corrected chi connectivity index (χ4v) is 2.68. The number of aryl methyl sites for hydroxylation is 1. The van der Waals surface area contributed by atoms with Gasteiger partial charge in [0.2, 0.25) is 0 Å². The van der Waals surface area contributed by atoms with Crippen LogP contribution in [0.15, 0.2) is 29.8 Å². The molecular formula is C11H7AlCl4O3. The molecule has 0 saturated carbocycles. The Hall–Kier alpha value is -0.208. The van der Waals surface area contributed by atoms with Crippen LogP contribution in [0.4, 0.5) is 0 Å². The number of allylic oxidation sites excluding steroid dienone is 1. The van der Waals surface area contributed by atoms with Gasteiger partial charge in [-0.2, -0.15) is 20.1 Å². The van der Waals surface area contributed by atoms with Crippen molar-refractivity contribution in [1.82, 2.24) is 0 Å². The quantitative estimate of drug-likeness (QED) is 0.202. The highest BCUT2D eigenvalue weighted by Gasteiger charge is 2.27. The number of carbonyl (C=O) groups excluding carboxylic acids is 2. The number of hydrogen-bond acceptors (Lipinski definition) is 3. The summed E-state index contributed by atoms with van der Waals surface area (Å²) in [4.78, 5) is 22.6. The van der Waals surface area contributed by atoms with E-state index in [1.165, 1.54) is 0 Å². The lowest BCUT2D eigenvalue weighted by Gasteiger charge is -2.14. The second-order valence-electron chi connectivity index (χ2n) is 3.50. The van der Waals surface area contributed by atoms with Gasteiger partial charge in [0.25, 0.3) is 10.5 Å². The van der Waals surface area contributed by atoms with Gasteiger partial charge in [-0.3, -0.25) is 9.59 Å². The van der Waals surface area contributed by atoms with E-state index in [0.717, 1.165) is 5.56 Å². The van der Waals surface area contributed by atoms with Crippen LogP contribution in [0.5, 0.6) is 0 Å². The van der Waals surface area contributed by atoms with Gasteiger partial charge < -0.3 is 3.79 Å². The van der Waals surface area contributed by atoms with Crippen LogP contribution in [-0.4, -0.2) is 23.1 Å². The van der Waals surface area contributed by atoms with Gasteiger partial charge in [-0.25, -0.2) is 0 Å². The Morgan fingerprint density at radius 2 is 1.53 bits per heavy atom. The van der Waals surface area contributed by atoms with Crippen molar-refractivity contribution in [2.24, 2.45) is 0 Å². The highest BCUT2D eigenvalue weighted by atomic mass is 35.7. The molecule has 3 nitrogen and oxygen atoms in total. The zero-order valence-electron chi connectivity index (χ0n) is 9.62. The van der Waals surface area contributed by atoms with Crippen molar-refractivity contribution in [3.05, 3.63) is 41.0 Å². The second-order valence-corrected chi connectivity index (χ2v) is 7.99. The molecule has 0 N–H and O–H groups in total. The van der Waals surface area contributed by atoms with E-state index >= 15 is 0 Å². The van der Waals surface area contributed by atoms with Gasteiger partial charge in [0.05, 0.1) is 0 Å². The molecule has 0 aromatic heterocycles. The van der Waals surface area contributed by atoms with Gasteiger partial charge in [0.15, 0.2) is 0 Å². The normalized spacial score (nSPS) is 9.74. The van der Waals surface area contributed by atoms with Crippen molar-refractivity contribution >= 4 is 72.2 Å². The van der Waals surface area contributed by atoms with Crippen LogP contribution < -0.4 is 0 Å². The van der Waals surface area contributed by atoms with Gasteiger partial charge in [-0.05, 0) is 30.1 Å². The minimum Gasteiger partial charge on any atom is -0.619 e. The van der Waals surface area contributed by atoms with E-state index in [1.54, 1.807) is 24.3 Å². The van der Waals surface area contributed by atoms with Crippen LogP contribution in [0.25, 0.3) is 5.76 Å². The highest BCUT2D eigenvalue weighted by Crippen LogP contribution is 2.26. The molecule has 0 heterocycles. The minimum absolute atomic E-state index is 0.0957. The maximum absolute atomic E-state index is 11.3. The average molecular weight is 356 g/mol. The van der Waals surface area contributed by atoms with Crippen molar-refractivity contribution in [1.29, 1.82) is 0 Å². The lowest BCUT2D eigenvalue weighted by atomic mass is 10.1. The fraction of sp³-hybridized carbons (Fsp3) is 0.0909. The molecule has 1 aromatic rings. The predicted molar refractivity (Wildman–Crippen MR) is 78.4 cm³/mol. The molecule has 1 rings (SSSR count). The summed E-state index contributed by atoms with van der Waals surface area (Å²) in [5.74, 6) is -0.0957. The molecule has 0 spiro atoms. The van der Waals surface area contributed by atoms with Gasteiger partial charge in [-0.15, -0.1) is 0 Å². The monoisotopic (exact) mass is 354 g/mol. The van der Waals surface area contributed by atoms with E-state index in [-0.39, 0.29) is 5.76 Å². The first-order valence-electron chi connectivity index (χ1n) is 4.98. The Morgan fingerprint density at radius 3 is 1.89 bits per heavy atom. The molecule has 19 heavy (non-hydrogen) atoms. The van der Waals surface area contributed by atoms with Crippen LogP contribution in [0.2, 0.25) is 0 Å². The molecule has 0 aliphatic rings. The van der Waals surface area contributed by atoms with Crippen LogP contribution in [0.1, 0.15) is 11.1 Å². The molecule has 0 radical (unpaired) electrons. The summed E-state index contributed by atoms with van der Waals surface area (Å²) < 4.78 is 5.20. The van der Waals surface area contributed by atoms with E-state index in [4.69, 9.17) is 47.1 Å². The number of hydrogen-bond donors (Lipinski definition) is 0. The largest absolute Gasteiger partial charge is 0.815 e. The first kappa shape index (κ1) is 16.8. The highest BCUT2D eigenvalue weighted by molar-refractivity contribution is 7.31. The van der Waals surface area contributed by atoms with Crippen molar-refractivity contribution in [3.8, 4) is 0 Å². The third kappa shape index (κ3) is 5.00. The molecule has 0 saturated heterocycles. The standard InChI is InChI=1S/C11H8Cl2O3.Al.2ClH/c1-6-2-4-7(5-3-6)9(14)8(10(12)15)11(13)16;;;/h2-5,14H,1H3;;2*1H/q;+3;;/p-3. The molecule has 0 aliphatic carbocycles. The van der Waals surface area contributed by atoms with Gasteiger partial charge >= 0.3 is 12.6 Å². The topological polar surface area (TPSA) is 43.4 Å². The molecular weight excluding hydrogens is 349 g/mol. The van der Waals surface area contributed by atoms with Crippen LogP contribution >= 0.6 is 43.3 Å². The third-order valence-corrected chi connectivity index (χ3v) is 3.47. The third-order valence-electron chi connectivity index (χ3n) is 2.14. The summed E-state index contributed by atoms with van der Waals surface area (Å²) in [6.45, 7) is 1.88. The molecule has 100 valence electrons. The number of rotatable bonds is 5. The zero-order chi connectivity index (χ0) is 14.6. The van der Waals surface area contributed by atoms with Crippen LogP contribution in [0.3, 0.4) is 0 Å². The van der Waals surface area contributed by atoms with E-state index in [1.807, 2.05) is 6.92 Å². The molecule has 0 atom stereocenters. The maximum Gasteiger partial charge on any atom is 0.815 e. The predicted octanol–water partition coefficient (Wildman–Crippen LogP) is 3.72. The average Bonchev–Trinajstić information content (AvgIpc) is 2.27. The lowest BCUT2D eigenvalue weighted by Crippen LogP contribution is -2.11. The van der Waals surface area contributed by atoms with E-state index < -0.39 is 28.7 Å². The van der Waals surface area contributed by atoms with Crippen molar-refractivity contribution in [2.75, 3.05) is 0 Å². The lowest BCUT2D eigenvalue weighted by molar-refractivity contribution is -0.113. The minimum atomic E-state index is -2.58. The molecule has 1 aromatic carbocycles. The Labute approximate surface area is 133 Å². The Morgan fingerprint density at radius 1 is 1.05 bits per heavy atom. The Balaban J connectivity index is 3.42. The SMILES string of the molecule is Cc1ccc(C([O][Al]([Cl])[Cl])=C(C(=O)Cl)C(=O)Cl)cc1. The van der Waals surface area contributed by atoms with E-state index in [2.05, 4.69) is 0 Å². The Bertz CT molecular complexity index is 509. The van der Waals surface area contributed by atoms with Crippen LogP contribution in [-0.2, 0) is 13.4 Å². The first-order chi connectivity index (χ1) is 8.82. The first-order valence-corrected chi connectivity index (χ1v) is 9.70. The summed E-state index contributed by atoms with van der Waals surface area (Å²) in [5.41, 5.74) is 0.956. The van der Waals surface area contributed by atoms with Crippen molar-refractivity contribution < 1.29 is 13.4 Å². The summed E-state index contributed by atoms with van der Waals surface area (Å²) in [6.07, 6.45) is 0. The summed E-state index contributed by atoms with van der Waals surface area (Å²) in [7, 11) is 11.3. The van der Waals surface area contributed by atoms with Crippen molar-refractivity contribution in [3.63, 3.8) is 0 Å². The number of benzene rings is 1. The molecule has 0 aliphatic heterocycles. The second kappa shape index (κ2) is 7.54. The smallest absolute Gasteiger partial charge is 0.619 e. The van der Waals surface area contributed by atoms with Crippen molar-refractivity contribution in [2.45, 2.75) is 6.92 Å². The Kier molecular flexibility index (Phi) is 6.69. The number of halogens is 4. The molecule has 0 unspecified atom stereocenters. The van der Waals surface area contributed by atoms with E-state index in [9.17, 15) is 9.59 Å². The van der Waals surface area contributed by atoms with Crippen LogP contribution in [0, 0.1) is 6.92 Å².